The number of carbonyl (C=O) groups is 2. The van der Waals surface area contributed by atoms with Gasteiger partial charge in [0.15, 0.2) is 0 Å². The van der Waals surface area contributed by atoms with Crippen molar-refractivity contribution < 1.29 is 19.1 Å². The average molecular weight is 490 g/mol. The Morgan fingerprint density at radius 2 is 1.60 bits per heavy atom. The van der Waals surface area contributed by atoms with Gasteiger partial charge in [-0.05, 0) is 58.4 Å². The fourth-order valence-corrected chi connectivity index (χ4v) is 3.48. The summed E-state index contributed by atoms with van der Waals surface area (Å²) in [4.78, 5) is 25.1. The monoisotopic (exact) mass is 488 g/mol. The van der Waals surface area contributed by atoms with Crippen LogP contribution in [0.4, 0.5) is 11.4 Å². The van der Waals surface area contributed by atoms with Gasteiger partial charge in [-0.25, -0.2) is 0 Å². The zero-order valence-electron chi connectivity index (χ0n) is 16.2. The van der Waals surface area contributed by atoms with E-state index in [1.807, 2.05) is 0 Å². The summed E-state index contributed by atoms with van der Waals surface area (Å²) in [6.07, 6.45) is 0. The van der Waals surface area contributed by atoms with Gasteiger partial charge in [-0.1, -0.05) is 23.7 Å². The molecule has 2 N–H and O–H groups in total. The van der Waals surface area contributed by atoms with Crippen molar-refractivity contribution in [3.8, 4) is 11.5 Å². The van der Waals surface area contributed by atoms with Crippen molar-refractivity contribution in [1.29, 1.82) is 0 Å². The molecule has 0 radical (unpaired) electrons. The number of rotatable bonds is 6. The Kier molecular flexibility index (Phi) is 6.97. The first-order valence-corrected chi connectivity index (χ1v) is 9.99. The lowest BCUT2D eigenvalue weighted by atomic mass is 10.1. The van der Waals surface area contributed by atoms with Crippen LogP contribution in [0.3, 0.4) is 0 Å². The van der Waals surface area contributed by atoms with E-state index in [1.54, 1.807) is 67.8 Å². The first-order valence-electron chi connectivity index (χ1n) is 8.81. The summed E-state index contributed by atoms with van der Waals surface area (Å²) in [7, 11) is 3.03. The molecule has 0 saturated carbocycles. The van der Waals surface area contributed by atoms with Crippen LogP contribution in [0.5, 0.6) is 11.5 Å². The van der Waals surface area contributed by atoms with Crippen LogP contribution >= 0.6 is 27.5 Å². The lowest BCUT2D eigenvalue weighted by Crippen LogP contribution is -2.14. The molecule has 3 aromatic rings. The van der Waals surface area contributed by atoms with Gasteiger partial charge >= 0.3 is 0 Å². The van der Waals surface area contributed by atoms with E-state index in [0.29, 0.717) is 43.5 Å². The smallest absolute Gasteiger partial charge is 0.257 e. The molecule has 8 heteroatoms. The number of halogens is 2. The number of benzene rings is 3. The molecular formula is C22H18BrClN2O4. The summed E-state index contributed by atoms with van der Waals surface area (Å²) in [5.41, 5.74) is 1.77. The predicted octanol–water partition coefficient (Wildman–Crippen LogP) is 5.62. The maximum absolute atomic E-state index is 12.6. The minimum absolute atomic E-state index is 0.298. The van der Waals surface area contributed by atoms with Crippen molar-refractivity contribution in [2.75, 3.05) is 24.9 Å². The molecule has 2 amide bonds. The normalized spacial score (nSPS) is 10.3. The number of hydrogen-bond acceptors (Lipinski definition) is 4. The lowest BCUT2D eigenvalue weighted by Gasteiger charge is -2.13. The zero-order valence-corrected chi connectivity index (χ0v) is 18.5. The highest BCUT2D eigenvalue weighted by atomic mass is 79.9. The SMILES string of the molecule is COc1ccc(C(=O)Nc2ccc(NC(=O)c3ccccc3Cl)c(OC)c2)cc1Br. The fraction of sp³-hybridized carbons (Fsp3) is 0.0909. The molecule has 0 aliphatic rings. The molecule has 0 saturated heterocycles. The van der Waals surface area contributed by atoms with Crippen LogP contribution in [-0.2, 0) is 0 Å². The number of carbonyl (C=O) groups excluding carboxylic acids is 2. The van der Waals surface area contributed by atoms with Crippen molar-refractivity contribution in [1.82, 2.24) is 0 Å². The molecule has 0 aromatic heterocycles. The number of hydrogen-bond donors (Lipinski definition) is 2. The summed E-state index contributed by atoms with van der Waals surface area (Å²) < 4.78 is 11.2. The third kappa shape index (κ3) is 4.93. The molecule has 6 nitrogen and oxygen atoms in total. The molecular weight excluding hydrogens is 472 g/mol. The summed E-state index contributed by atoms with van der Waals surface area (Å²) in [6.45, 7) is 0. The molecule has 0 heterocycles. The zero-order chi connectivity index (χ0) is 21.7. The number of ether oxygens (including phenoxy) is 2. The van der Waals surface area contributed by atoms with E-state index in [0.717, 1.165) is 0 Å². The molecule has 0 bridgehead atoms. The van der Waals surface area contributed by atoms with Gasteiger partial charge in [0.25, 0.3) is 11.8 Å². The molecule has 154 valence electrons. The van der Waals surface area contributed by atoms with E-state index in [-0.39, 0.29) is 11.8 Å². The molecule has 30 heavy (non-hydrogen) atoms. The number of nitrogens with one attached hydrogen (secondary N) is 2. The van der Waals surface area contributed by atoms with Gasteiger partial charge < -0.3 is 20.1 Å². The van der Waals surface area contributed by atoms with Crippen LogP contribution in [0.2, 0.25) is 5.02 Å². The van der Waals surface area contributed by atoms with Crippen molar-refractivity contribution >= 4 is 50.7 Å². The molecule has 0 fully saturated rings. The summed E-state index contributed by atoms with van der Waals surface area (Å²) in [5.74, 6) is 0.364. The van der Waals surface area contributed by atoms with Gasteiger partial charge in [0, 0.05) is 17.3 Å². The van der Waals surface area contributed by atoms with E-state index in [1.165, 1.54) is 7.11 Å². The van der Waals surface area contributed by atoms with Crippen LogP contribution in [0, 0.1) is 0 Å². The quantitative estimate of drug-likeness (QED) is 0.471. The van der Waals surface area contributed by atoms with Crippen molar-refractivity contribution in [3.05, 3.63) is 81.3 Å². The van der Waals surface area contributed by atoms with Crippen molar-refractivity contribution in [3.63, 3.8) is 0 Å². The first kappa shape index (κ1) is 21.7. The topological polar surface area (TPSA) is 76.7 Å². The van der Waals surface area contributed by atoms with E-state index in [9.17, 15) is 9.59 Å². The molecule has 0 spiro atoms. The van der Waals surface area contributed by atoms with Crippen molar-refractivity contribution in [2.45, 2.75) is 0 Å². The fourth-order valence-electron chi connectivity index (χ4n) is 2.72. The van der Waals surface area contributed by atoms with Crippen LogP contribution in [-0.4, -0.2) is 26.0 Å². The number of amides is 2. The maximum atomic E-state index is 12.6. The van der Waals surface area contributed by atoms with Gasteiger partial charge in [-0.3, -0.25) is 9.59 Å². The Hall–Kier alpha value is -3.03. The van der Waals surface area contributed by atoms with E-state index in [2.05, 4.69) is 26.6 Å². The van der Waals surface area contributed by atoms with Gasteiger partial charge in [0.2, 0.25) is 0 Å². The van der Waals surface area contributed by atoms with Gasteiger partial charge in [-0.15, -0.1) is 0 Å². The van der Waals surface area contributed by atoms with E-state index < -0.39 is 0 Å². The van der Waals surface area contributed by atoms with Crippen LogP contribution in [0.25, 0.3) is 0 Å². The summed E-state index contributed by atoms with van der Waals surface area (Å²) in [5, 5.41) is 5.92. The molecule has 3 rings (SSSR count). The molecule has 0 unspecified atom stereocenters. The second-order valence-electron chi connectivity index (χ2n) is 6.15. The van der Waals surface area contributed by atoms with Gasteiger partial charge in [-0.2, -0.15) is 0 Å². The van der Waals surface area contributed by atoms with Crippen LogP contribution < -0.4 is 20.1 Å². The third-order valence-corrected chi connectivity index (χ3v) is 5.19. The molecule has 0 atom stereocenters. The van der Waals surface area contributed by atoms with Crippen molar-refractivity contribution in [2.24, 2.45) is 0 Å². The Bertz CT molecular complexity index is 1100. The average Bonchev–Trinajstić information content (AvgIpc) is 2.74. The van der Waals surface area contributed by atoms with Crippen LogP contribution in [0.1, 0.15) is 20.7 Å². The lowest BCUT2D eigenvalue weighted by molar-refractivity contribution is 0.101. The highest BCUT2D eigenvalue weighted by Gasteiger charge is 2.14. The number of anilines is 2. The molecule has 0 aliphatic heterocycles. The highest BCUT2D eigenvalue weighted by Crippen LogP contribution is 2.30. The molecule has 3 aromatic carbocycles. The first-order chi connectivity index (χ1) is 14.4. The Balaban J connectivity index is 1.77. The third-order valence-electron chi connectivity index (χ3n) is 4.24. The number of methoxy groups -OCH3 is 2. The Morgan fingerprint density at radius 1 is 0.867 bits per heavy atom. The minimum atomic E-state index is -0.362. The van der Waals surface area contributed by atoms with Gasteiger partial charge in [0.1, 0.15) is 11.5 Å². The highest BCUT2D eigenvalue weighted by molar-refractivity contribution is 9.10. The standard InChI is InChI=1S/C22H18BrClN2O4/c1-29-19-10-7-13(11-16(19)23)21(27)25-14-8-9-18(20(12-14)30-2)26-22(28)15-5-3-4-6-17(15)24/h3-12H,1-2H3,(H,25,27)(H,26,28). The minimum Gasteiger partial charge on any atom is -0.496 e. The predicted molar refractivity (Wildman–Crippen MR) is 121 cm³/mol. The second kappa shape index (κ2) is 9.65. The van der Waals surface area contributed by atoms with Gasteiger partial charge in [0.05, 0.1) is 35.0 Å². The van der Waals surface area contributed by atoms with Crippen LogP contribution in [0.15, 0.2) is 65.1 Å². The Morgan fingerprint density at radius 3 is 2.27 bits per heavy atom. The van der Waals surface area contributed by atoms with E-state index >= 15 is 0 Å². The second-order valence-corrected chi connectivity index (χ2v) is 7.41. The summed E-state index contributed by atoms with van der Waals surface area (Å²) >= 11 is 9.45. The Labute approximate surface area is 187 Å². The molecule has 0 aliphatic carbocycles. The largest absolute Gasteiger partial charge is 0.496 e. The van der Waals surface area contributed by atoms with E-state index in [4.69, 9.17) is 21.1 Å². The summed E-state index contributed by atoms with van der Waals surface area (Å²) in [6, 6.07) is 16.7. The maximum Gasteiger partial charge on any atom is 0.257 e.